The van der Waals surface area contributed by atoms with Crippen molar-refractivity contribution in [3.8, 4) is 17.9 Å². The Kier molecular flexibility index (Phi) is 7.38. The normalized spacial score (nSPS) is 17.3. The first kappa shape index (κ1) is 20.5. The molecule has 2 heterocycles. The van der Waals surface area contributed by atoms with E-state index in [0.29, 0.717) is 18.0 Å². The second kappa shape index (κ2) is 9.74. The van der Waals surface area contributed by atoms with Gasteiger partial charge < -0.3 is 10.2 Å². The summed E-state index contributed by atoms with van der Waals surface area (Å²) in [6.45, 7) is 1.40. The van der Waals surface area contributed by atoms with Crippen LogP contribution in [-0.2, 0) is 11.0 Å². The molecule has 1 aromatic heterocycles. The summed E-state index contributed by atoms with van der Waals surface area (Å²) in [6.07, 6.45) is 2.35. The third-order valence-electron chi connectivity index (χ3n) is 3.88. The van der Waals surface area contributed by atoms with Crippen molar-refractivity contribution in [2.45, 2.75) is 11.3 Å². The van der Waals surface area contributed by atoms with E-state index in [1.165, 1.54) is 18.3 Å². The maximum Gasteiger partial charge on any atom is 0.157 e. The van der Waals surface area contributed by atoms with Gasteiger partial charge in [-0.25, -0.2) is 17.9 Å². The molecule has 0 radical (unpaired) electrons. The van der Waals surface area contributed by atoms with Crippen LogP contribution in [0, 0.1) is 34.4 Å². The fraction of sp³-hybridized carbons (Fsp3) is 0.278. The van der Waals surface area contributed by atoms with Crippen LogP contribution in [0.5, 0.6) is 5.75 Å². The number of hydrogen-bond donors (Lipinski definition) is 2. The Morgan fingerprint density at radius 1 is 1.33 bits per heavy atom. The van der Waals surface area contributed by atoms with Crippen LogP contribution >= 0.6 is 0 Å². The maximum absolute atomic E-state index is 12.5. The summed E-state index contributed by atoms with van der Waals surface area (Å²) < 4.78 is 26.5. The van der Waals surface area contributed by atoms with E-state index in [4.69, 9.17) is 20.7 Å². The van der Waals surface area contributed by atoms with Crippen molar-refractivity contribution < 1.29 is 18.8 Å². The van der Waals surface area contributed by atoms with Crippen LogP contribution in [0.15, 0.2) is 41.4 Å². The molecule has 0 spiro atoms. The number of phenolic OH excluding ortho intramolecular Hbond substituents is 1. The third kappa shape index (κ3) is 5.31. The topological polar surface area (TPSA) is 121 Å². The summed E-state index contributed by atoms with van der Waals surface area (Å²) >= 11 is 0. The molecule has 3 rings (SSSR count). The summed E-state index contributed by atoms with van der Waals surface area (Å²) in [4.78, 5) is 4.35. The van der Waals surface area contributed by atoms with Gasteiger partial charge >= 0.3 is 0 Å². The van der Waals surface area contributed by atoms with Gasteiger partial charge in [-0.05, 0) is 36.6 Å². The monoisotopic (exact) mass is 388 g/mol. The van der Waals surface area contributed by atoms with Gasteiger partial charge in [0, 0.05) is 32.0 Å². The molecule has 140 valence electrons. The zero-order valence-corrected chi connectivity index (χ0v) is 15.1. The Hall–Kier alpha value is -2.85. The molecule has 0 bridgehead atoms. The Balaban J connectivity index is 0.000000223. The lowest BCUT2D eigenvalue weighted by atomic mass is 10.1. The smallest absolute Gasteiger partial charge is 0.157 e. The molecule has 2 atom stereocenters. The molecule has 1 fully saturated rings. The molecule has 1 aliphatic heterocycles. The van der Waals surface area contributed by atoms with Crippen LogP contribution in [0.2, 0.25) is 0 Å². The van der Waals surface area contributed by atoms with E-state index < -0.39 is 16.8 Å². The van der Waals surface area contributed by atoms with Crippen molar-refractivity contribution in [3.05, 3.63) is 53.6 Å². The van der Waals surface area contributed by atoms with Gasteiger partial charge in [0.2, 0.25) is 0 Å². The number of rotatable bonds is 3. The van der Waals surface area contributed by atoms with Crippen LogP contribution in [0.1, 0.15) is 17.7 Å². The molecule has 2 N–H and O–H groups in total. The van der Waals surface area contributed by atoms with Gasteiger partial charge in [-0.2, -0.15) is 10.5 Å². The number of halogens is 1. The third-order valence-corrected chi connectivity index (χ3v) is 5.39. The number of aromatic nitrogens is 1. The first-order valence-electron chi connectivity index (χ1n) is 8.01. The zero-order valence-electron chi connectivity index (χ0n) is 14.2. The second-order valence-electron chi connectivity index (χ2n) is 5.71. The maximum atomic E-state index is 12.5. The Morgan fingerprint density at radius 2 is 2.11 bits per heavy atom. The van der Waals surface area contributed by atoms with Crippen molar-refractivity contribution in [2.75, 3.05) is 19.7 Å². The molecule has 7 nitrogen and oxygen atoms in total. The van der Waals surface area contributed by atoms with Crippen molar-refractivity contribution in [1.82, 2.24) is 9.29 Å². The average molecular weight is 388 g/mol. The standard InChI is InChI=1S/C11H13N3O2S.C7H4FNO/c12-6-10-11(2-1-4-13-10)17(16)14-5-3-9(7-14)8-15;8-7-3-6(10)2-1-5(7)4-9/h1-2,4,9,15H,3,5,7-8H2;1-3,10H. The van der Waals surface area contributed by atoms with Crippen LogP contribution in [-0.4, -0.2) is 43.4 Å². The van der Waals surface area contributed by atoms with E-state index in [2.05, 4.69) is 4.98 Å². The molecule has 1 aliphatic rings. The molecule has 0 amide bonds. The van der Waals surface area contributed by atoms with Gasteiger partial charge in [0.15, 0.2) is 5.69 Å². The van der Waals surface area contributed by atoms with E-state index in [0.717, 1.165) is 12.5 Å². The molecule has 9 heteroatoms. The quantitative estimate of drug-likeness (QED) is 0.825. The van der Waals surface area contributed by atoms with Crippen molar-refractivity contribution >= 4 is 11.0 Å². The summed E-state index contributed by atoms with van der Waals surface area (Å²) in [5.74, 6) is -0.680. The molecule has 2 aromatic rings. The Bertz CT molecular complexity index is 910. The molecule has 2 unspecified atom stereocenters. The highest BCUT2D eigenvalue weighted by Gasteiger charge is 2.27. The average Bonchev–Trinajstić information content (AvgIpc) is 3.17. The van der Waals surface area contributed by atoms with E-state index in [1.54, 1.807) is 22.5 Å². The molecular formula is C18H17FN4O3S. The number of aromatic hydroxyl groups is 1. The number of aliphatic hydroxyl groups excluding tert-OH is 1. The molecule has 0 aliphatic carbocycles. The van der Waals surface area contributed by atoms with E-state index >= 15 is 0 Å². The van der Waals surface area contributed by atoms with Crippen LogP contribution < -0.4 is 0 Å². The van der Waals surface area contributed by atoms with E-state index in [9.17, 15) is 8.60 Å². The second-order valence-corrected chi connectivity index (χ2v) is 7.17. The van der Waals surface area contributed by atoms with Gasteiger partial charge in [-0.1, -0.05) is 0 Å². The number of nitrogens with zero attached hydrogens (tertiary/aromatic N) is 4. The highest BCUT2D eigenvalue weighted by atomic mass is 32.2. The van der Waals surface area contributed by atoms with E-state index in [-0.39, 0.29) is 29.5 Å². The lowest BCUT2D eigenvalue weighted by Gasteiger charge is -2.14. The minimum Gasteiger partial charge on any atom is -0.508 e. The summed E-state index contributed by atoms with van der Waals surface area (Å²) in [5, 5.41) is 34.9. The lowest BCUT2D eigenvalue weighted by Crippen LogP contribution is -2.24. The van der Waals surface area contributed by atoms with Gasteiger partial charge in [-0.15, -0.1) is 0 Å². The molecule has 1 saturated heterocycles. The van der Waals surface area contributed by atoms with Gasteiger partial charge in [0.05, 0.1) is 10.5 Å². The summed E-state index contributed by atoms with van der Waals surface area (Å²) in [5.41, 5.74) is 0.149. The van der Waals surface area contributed by atoms with Crippen molar-refractivity contribution in [1.29, 1.82) is 10.5 Å². The molecule has 0 saturated carbocycles. The number of nitriles is 2. The number of pyridine rings is 1. The van der Waals surface area contributed by atoms with Gasteiger partial charge in [-0.3, -0.25) is 0 Å². The number of benzene rings is 1. The largest absolute Gasteiger partial charge is 0.508 e. The SMILES string of the molecule is N#Cc1ccc(O)cc1F.N#Cc1ncccc1S(=O)N1CCC(CO)C1. The van der Waals surface area contributed by atoms with Gasteiger partial charge in [0.1, 0.15) is 34.7 Å². The molecule has 1 aromatic carbocycles. The fourth-order valence-electron chi connectivity index (χ4n) is 2.45. The molecule has 27 heavy (non-hydrogen) atoms. The number of hydrogen-bond acceptors (Lipinski definition) is 6. The Morgan fingerprint density at radius 3 is 2.70 bits per heavy atom. The fourth-order valence-corrected chi connectivity index (χ4v) is 3.80. The summed E-state index contributed by atoms with van der Waals surface area (Å²) in [7, 11) is -1.36. The highest BCUT2D eigenvalue weighted by molar-refractivity contribution is 7.82. The lowest BCUT2D eigenvalue weighted by molar-refractivity contribution is 0.233. The number of aliphatic hydroxyl groups is 1. The van der Waals surface area contributed by atoms with Crippen LogP contribution in [0.25, 0.3) is 0 Å². The summed E-state index contributed by atoms with van der Waals surface area (Å²) in [6, 6.07) is 10.3. The van der Waals surface area contributed by atoms with Crippen molar-refractivity contribution in [2.24, 2.45) is 5.92 Å². The molecular weight excluding hydrogens is 371 g/mol. The first-order chi connectivity index (χ1) is 13.0. The van der Waals surface area contributed by atoms with Crippen molar-refractivity contribution in [3.63, 3.8) is 0 Å². The van der Waals surface area contributed by atoms with E-state index in [1.807, 2.05) is 6.07 Å². The predicted octanol–water partition coefficient (Wildman–Crippen LogP) is 1.69. The minimum absolute atomic E-state index is 0.0576. The van der Waals surface area contributed by atoms with Gasteiger partial charge in [0.25, 0.3) is 0 Å². The van der Waals surface area contributed by atoms with Crippen LogP contribution in [0.4, 0.5) is 4.39 Å². The zero-order chi connectivity index (χ0) is 19.8. The number of phenols is 1. The predicted molar refractivity (Wildman–Crippen MR) is 94.9 cm³/mol. The highest BCUT2D eigenvalue weighted by Crippen LogP contribution is 2.22. The minimum atomic E-state index is -1.36. The first-order valence-corrected chi connectivity index (χ1v) is 9.12. The Labute approximate surface area is 158 Å². The van der Waals surface area contributed by atoms with Crippen LogP contribution in [0.3, 0.4) is 0 Å².